The third-order valence-electron chi connectivity index (χ3n) is 8.84. The monoisotopic (exact) mass is 764 g/mol. The number of aromatic nitrogens is 2. The molecular formula is C39H34BrFN6O5. The predicted octanol–water partition coefficient (Wildman–Crippen LogP) is 7.93. The molecule has 1 atom stereocenters. The molecule has 1 fully saturated rings. The summed E-state index contributed by atoms with van der Waals surface area (Å²) in [6, 6.07) is 27.0. The molecule has 5 aromatic rings. The fraction of sp³-hybridized carbons (Fsp3) is 0.231. The van der Waals surface area contributed by atoms with Gasteiger partial charge < -0.3 is 28.6 Å². The highest BCUT2D eigenvalue weighted by Gasteiger charge is 2.35. The molecule has 4 aromatic carbocycles. The lowest BCUT2D eigenvalue weighted by molar-refractivity contribution is 0.122. The smallest absolute Gasteiger partial charge is 0.249 e. The number of ether oxygens (including phenoxy) is 5. The zero-order chi connectivity index (χ0) is 36.2. The number of hydrazone groups is 1. The van der Waals surface area contributed by atoms with Crippen molar-refractivity contribution in [2.75, 3.05) is 57.5 Å². The zero-order valence-electron chi connectivity index (χ0n) is 28.7. The highest BCUT2D eigenvalue weighted by atomic mass is 79.9. The molecule has 2 aliphatic heterocycles. The molecule has 1 aromatic heterocycles. The van der Waals surface area contributed by atoms with Gasteiger partial charge >= 0.3 is 0 Å². The van der Waals surface area contributed by atoms with Crippen LogP contribution < -0.4 is 28.9 Å². The van der Waals surface area contributed by atoms with Crippen molar-refractivity contribution in [2.45, 2.75) is 12.5 Å². The molecule has 1 saturated heterocycles. The third-order valence-corrected chi connectivity index (χ3v) is 9.37. The Morgan fingerprint density at radius 2 is 1.44 bits per heavy atom. The Morgan fingerprint density at radius 3 is 2.04 bits per heavy atom. The summed E-state index contributed by atoms with van der Waals surface area (Å²) in [5.41, 5.74) is 3.70. The first kappa shape index (κ1) is 34.7. The van der Waals surface area contributed by atoms with E-state index in [2.05, 4.69) is 22.0 Å². The number of hydrogen-bond acceptors (Lipinski definition) is 11. The Kier molecular flexibility index (Phi) is 10.2. The fourth-order valence-electron chi connectivity index (χ4n) is 6.24. The van der Waals surface area contributed by atoms with Gasteiger partial charge in [-0.25, -0.2) is 14.4 Å². The Bertz CT molecular complexity index is 2110. The molecule has 0 N–H and O–H groups in total. The van der Waals surface area contributed by atoms with E-state index < -0.39 is 11.9 Å². The first-order valence-electron chi connectivity index (χ1n) is 16.5. The van der Waals surface area contributed by atoms with Gasteiger partial charge in [-0.3, -0.25) is 0 Å². The number of rotatable bonds is 10. The van der Waals surface area contributed by atoms with Crippen LogP contribution in [0.3, 0.4) is 0 Å². The number of morpholine rings is 1. The second-order valence-corrected chi connectivity index (χ2v) is 12.9. The molecule has 2 aliphatic rings. The minimum atomic E-state index is -0.422. The van der Waals surface area contributed by atoms with Crippen LogP contribution in [0, 0.1) is 17.1 Å². The van der Waals surface area contributed by atoms with Gasteiger partial charge in [-0.2, -0.15) is 15.3 Å². The minimum Gasteiger partial charge on any atom is -0.493 e. The molecule has 7 rings (SSSR count). The van der Waals surface area contributed by atoms with E-state index in [1.54, 1.807) is 38.5 Å². The van der Waals surface area contributed by atoms with E-state index in [0.717, 1.165) is 21.3 Å². The topological polar surface area (TPSA) is 115 Å². The molecule has 0 radical (unpaired) electrons. The van der Waals surface area contributed by atoms with Gasteiger partial charge in [0.05, 0.1) is 52.0 Å². The number of benzene rings is 4. The van der Waals surface area contributed by atoms with Gasteiger partial charge in [-0.05, 0) is 96.1 Å². The van der Waals surface area contributed by atoms with Crippen molar-refractivity contribution in [2.24, 2.45) is 5.10 Å². The summed E-state index contributed by atoms with van der Waals surface area (Å²) in [7, 11) is 4.70. The van der Waals surface area contributed by atoms with Crippen LogP contribution in [0.2, 0.25) is 0 Å². The number of anilines is 2. The lowest BCUT2D eigenvalue weighted by Gasteiger charge is -2.30. The molecule has 0 bridgehead atoms. The van der Waals surface area contributed by atoms with E-state index in [-0.39, 0.29) is 11.5 Å². The second kappa shape index (κ2) is 15.3. The minimum absolute atomic E-state index is 0.267. The molecule has 11 nitrogen and oxygen atoms in total. The standard InChI is InChI=1S/C39H34BrFN6O5/c1-48-34-20-26(21-35(49-2)37(34)50-3)33-22-32(24-6-12-29(13-7-24)52-30-14-8-27(40)9-15-30)45-47(33)39-43-36(25-4-10-28(41)11-5-25)31(23-42)38(44-39)46-16-18-51-19-17-46/h4-15,20-21,33H,16-19,22H2,1-3H3. The normalized spacial score (nSPS) is 15.5. The summed E-state index contributed by atoms with van der Waals surface area (Å²) in [5, 5.41) is 17.4. The summed E-state index contributed by atoms with van der Waals surface area (Å²) < 4.78 is 43.8. The third kappa shape index (κ3) is 7.08. The Hall–Kier alpha value is -5.71. The first-order chi connectivity index (χ1) is 25.4. The van der Waals surface area contributed by atoms with Crippen LogP contribution in [-0.2, 0) is 4.74 Å². The van der Waals surface area contributed by atoms with E-state index in [9.17, 15) is 9.65 Å². The molecule has 1 unspecified atom stereocenters. The first-order valence-corrected chi connectivity index (χ1v) is 17.3. The number of hydrogen-bond donors (Lipinski definition) is 0. The van der Waals surface area contributed by atoms with Crippen LogP contribution in [-0.4, -0.2) is 63.3 Å². The van der Waals surface area contributed by atoms with E-state index in [0.29, 0.717) is 78.5 Å². The summed E-state index contributed by atoms with van der Waals surface area (Å²) in [6.45, 7) is 2.04. The summed E-state index contributed by atoms with van der Waals surface area (Å²) >= 11 is 3.46. The number of nitriles is 1. The lowest BCUT2D eigenvalue weighted by atomic mass is 9.97. The fourth-order valence-corrected chi connectivity index (χ4v) is 6.50. The van der Waals surface area contributed by atoms with Crippen LogP contribution in [0.15, 0.2) is 94.5 Å². The summed E-state index contributed by atoms with van der Waals surface area (Å²) in [5.74, 6) is 3.16. The van der Waals surface area contributed by atoms with Crippen molar-refractivity contribution >= 4 is 33.4 Å². The summed E-state index contributed by atoms with van der Waals surface area (Å²) in [4.78, 5) is 12.0. The van der Waals surface area contributed by atoms with Gasteiger partial charge in [0, 0.05) is 29.5 Å². The Balaban J connectivity index is 1.36. The zero-order valence-corrected chi connectivity index (χ0v) is 30.3. The van der Waals surface area contributed by atoms with Gasteiger partial charge in [-0.15, -0.1) is 0 Å². The van der Waals surface area contributed by atoms with Crippen molar-refractivity contribution in [3.05, 3.63) is 112 Å². The van der Waals surface area contributed by atoms with E-state index in [4.69, 9.17) is 38.8 Å². The average molecular weight is 766 g/mol. The van der Waals surface area contributed by atoms with Crippen LogP contribution in [0.4, 0.5) is 16.2 Å². The molecule has 52 heavy (non-hydrogen) atoms. The number of nitrogens with zero attached hydrogens (tertiary/aromatic N) is 6. The molecule has 0 spiro atoms. The van der Waals surface area contributed by atoms with Gasteiger partial charge in [-0.1, -0.05) is 15.9 Å². The van der Waals surface area contributed by atoms with Gasteiger partial charge in [0.25, 0.3) is 0 Å². The maximum atomic E-state index is 14.1. The van der Waals surface area contributed by atoms with Crippen molar-refractivity contribution in [3.63, 3.8) is 0 Å². The van der Waals surface area contributed by atoms with Crippen LogP contribution in [0.5, 0.6) is 28.7 Å². The SMILES string of the molecule is COc1cc(C2CC(c3ccc(Oc4ccc(Br)cc4)cc3)=NN2c2nc(-c3ccc(F)cc3)c(C#N)c(N3CCOCC3)n2)cc(OC)c1OC. The predicted molar refractivity (Wildman–Crippen MR) is 198 cm³/mol. The maximum absolute atomic E-state index is 14.1. The molecule has 0 saturated carbocycles. The van der Waals surface area contributed by atoms with Crippen LogP contribution >= 0.6 is 15.9 Å². The molecular weight excluding hydrogens is 731 g/mol. The Morgan fingerprint density at radius 1 is 0.827 bits per heavy atom. The highest BCUT2D eigenvalue weighted by Crippen LogP contribution is 2.45. The van der Waals surface area contributed by atoms with E-state index in [1.165, 1.54) is 12.1 Å². The Labute approximate surface area is 308 Å². The summed E-state index contributed by atoms with van der Waals surface area (Å²) in [6.07, 6.45) is 0.466. The van der Waals surface area contributed by atoms with Gasteiger partial charge in [0.15, 0.2) is 17.3 Å². The maximum Gasteiger partial charge on any atom is 0.249 e. The van der Waals surface area contributed by atoms with Crippen LogP contribution in [0.1, 0.15) is 29.2 Å². The van der Waals surface area contributed by atoms with Crippen molar-refractivity contribution < 1.29 is 28.1 Å². The van der Waals surface area contributed by atoms with Crippen LogP contribution in [0.25, 0.3) is 11.3 Å². The number of methoxy groups -OCH3 is 3. The van der Waals surface area contributed by atoms with Gasteiger partial charge in [0.1, 0.15) is 28.9 Å². The molecule has 13 heteroatoms. The quantitative estimate of drug-likeness (QED) is 0.139. The number of halogens is 2. The van der Waals surface area contributed by atoms with E-state index in [1.807, 2.05) is 65.6 Å². The average Bonchev–Trinajstić information content (AvgIpc) is 3.64. The van der Waals surface area contributed by atoms with Gasteiger partial charge in [0.2, 0.25) is 11.7 Å². The highest BCUT2D eigenvalue weighted by molar-refractivity contribution is 9.10. The van der Waals surface area contributed by atoms with Crippen molar-refractivity contribution in [1.29, 1.82) is 5.26 Å². The van der Waals surface area contributed by atoms with Crippen molar-refractivity contribution in [1.82, 2.24) is 9.97 Å². The largest absolute Gasteiger partial charge is 0.493 e. The molecule has 0 aliphatic carbocycles. The molecule has 3 heterocycles. The van der Waals surface area contributed by atoms with Crippen molar-refractivity contribution in [3.8, 4) is 46.1 Å². The second-order valence-electron chi connectivity index (χ2n) is 11.9. The molecule has 0 amide bonds. The molecule has 264 valence electrons. The van der Waals surface area contributed by atoms with E-state index >= 15 is 0 Å². The lowest BCUT2D eigenvalue weighted by Crippen LogP contribution is -2.37.